The Balaban J connectivity index is 1.49. The number of phenols is 2. The number of hydrogen-bond donors (Lipinski definition) is 4. The van der Waals surface area contributed by atoms with Crippen molar-refractivity contribution in [3.8, 4) is 23.0 Å². The molecule has 194 valence electrons. The first-order valence-corrected chi connectivity index (χ1v) is 11.8. The topological polar surface area (TPSA) is 142 Å². The van der Waals surface area contributed by atoms with E-state index in [1.54, 1.807) is 24.3 Å². The second-order valence-corrected chi connectivity index (χ2v) is 8.07. The van der Waals surface area contributed by atoms with Crippen LogP contribution >= 0.6 is 0 Å². The Hall–Kier alpha value is -4.08. The Morgan fingerprint density at radius 2 is 1.11 bits per heavy atom. The van der Waals surface area contributed by atoms with E-state index in [0.717, 1.165) is 38.5 Å². The molecular weight excluding hydrogens is 464 g/mol. The summed E-state index contributed by atoms with van der Waals surface area (Å²) in [6, 6.07) is 9.69. The summed E-state index contributed by atoms with van der Waals surface area (Å²) >= 11 is 0. The fourth-order valence-corrected chi connectivity index (χ4v) is 3.32. The quantitative estimate of drug-likeness (QED) is 0.167. The molecule has 2 aromatic carbocycles. The maximum absolute atomic E-state index is 11.9. The van der Waals surface area contributed by atoms with Gasteiger partial charge in [0, 0.05) is 12.8 Å². The first-order valence-electron chi connectivity index (χ1n) is 11.8. The Labute approximate surface area is 211 Å². The maximum atomic E-state index is 11.9. The van der Waals surface area contributed by atoms with Crippen molar-refractivity contribution in [3.05, 3.63) is 47.5 Å². The highest BCUT2D eigenvalue weighted by atomic mass is 16.5. The SMILES string of the molecule is COc1ccc(/C=N/NC(=O)CCCCCCCCC(=O)N/N=C/c2ccc(OC)c(O)c2)cc1O. The number of hydrogen-bond acceptors (Lipinski definition) is 8. The predicted molar refractivity (Wildman–Crippen MR) is 138 cm³/mol. The van der Waals surface area contributed by atoms with Crippen molar-refractivity contribution in [1.82, 2.24) is 10.9 Å². The summed E-state index contributed by atoms with van der Waals surface area (Å²) in [5, 5.41) is 27.3. The molecule has 4 N–H and O–H groups in total. The number of hydrazone groups is 2. The van der Waals surface area contributed by atoms with E-state index >= 15 is 0 Å². The average molecular weight is 499 g/mol. The summed E-state index contributed by atoms with van der Waals surface area (Å²) in [7, 11) is 2.94. The van der Waals surface area contributed by atoms with Gasteiger partial charge in [0.2, 0.25) is 11.8 Å². The summed E-state index contributed by atoms with van der Waals surface area (Å²) in [5.74, 6) is 0.438. The van der Waals surface area contributed by atoms with E-state index in [0.29, 0.717) is 35.5 Å². The Bertz CT molecular complexity index is 971. The van der Waals surface area contributed by atoms with Crippen LogP contribution in [0.1, 0.15) is 62.5 Å². The van der Waals surface area contributed by atoms with Gasteiger partial charge in [0.05, 0.1) is 26.6 Å². The molecule has 0 aliphatic heterocycles. The molecule has 0 saturated carbocycles. The zero-order valence-electron chi connectivity index (χ0n) is 20.7. The maximum Gasteiger partial charge on any atom is 0.240 e. The standard InChI is InChI=1S/C26H34N4O6/c1-35-23-13-11-19(15-21(23)31)17-27-29-25(33)9-7-5-3-4-6-8-10-26(34)30-28-18-20-12-14-24(36-2)22(32)16-20/h11-18,31-32H,3-10H2,1-2H3,(H,29,33)(H,30,34)/b27-17+,28-18+. The number of phenolic OH excluding ortho intramolecular Hbond substituents is 2. The van der Waals surface area contributed by atoms with Gasteiger partial charge < -0.3 is 19.7 Å². The van der Waals surface area contributed by atoms with Gasteiger partial charge in [-0.15, -0.1) is 0 Å². The van der Waals surface area contributed by atoms with E-state index in [4.69, 9.17) is 9.47 Å². The van der Waals surface area contributed by atoms with Crippen molar-refractivity contribution in [2.75, 3.05) is 14.2 Å². The van der Waals surface area contributed by atoms with Crippen LogP contribution in [0, 0.1) is 0 Å². The molecule has 0 aliphatic rings. The summed E-state index contributed by atoms with van der Waals surface area (Å²) < 4.78 is 9.96. The third-order valence-electron chi connectivity index (χ3n) is 5.27. The van der Waals surface area contributed by atoms with E-state index < -0.39 is 0 Å². The van der Waals surface area contributed by atoms with Crippen LogP contribution in [0.25, 0.3) is 0 Å². The third-order valence-corrected chi connectivity index (χ3v) is 5.27. The zero-order valence-corrected chi connectivity index (χ0v) is 20.7. The lowest BCUT2D eigenvalue weighted by atomic mass is 10.1. The van der Waals surface area contributed by atoms with Crippen molar-refractivity contribution in [2.45, 2.75) is 51.4 Å². The summed E-state index contributed by atoms with van der Waals surface area (Å²) in [6.45, 7) is 0. The number of unbranched alkanes of at least 4 members (excludes halogenated alkanes) is 5. The van der Waals surface area contributed by atoms with Gasteiger partial charge in [0.1, 0.15) is 0 Å². The zero-order chi connectivity index (χ0) is 26.2. The molecule has 2 amide bonds. The van der Waals surface area contributed by atoms with Gasteiger partial charge in [-0.25, -0.2) is 10.9 Å². The second kappa shape index (κ2) is 15.8. The minimum absolute atomic E-state index is 0.00790. The van der Waals surface area contributed by atoms with Crippen molar-refractivity contribution in [2.24, 2.45) is 10.2 Å². The molecule has 10 nitrogen and oxygen atoms in total. The lowest BCUT2D eigenvalue weighted by Crippen LogP contribution is -2.17. The summed E-state index contributed by atoms with van der Waals surface area (Å²) in [6.07, 6.45) is 9.05. The van der Waals surface area contributed by atoms with Crippen molar-refractivity contribution in [1.29, 1.82) is 0 Å². The number of nitrogens with zero attached hydrogens (tertiary/aromatic N) is 2. The largest absolute Gasteiger partial charge is 0.504 e. The first-order chi connectivity index (χ1) is 17.4. The number of carbonyl (C=O) groups excluding carboxylic acids is 2. The van der Waals surface area contributed by atoms with Gasteiger partial charge >= 0.3 is 0 Å². The molecule has 0 spiro atoms. The number of aromatic hydroxyl groups is 2. The highest BCUT2D eigenvalue weighted by Gasteiger charge is 2.04. The minimum Gasteiger partial charge on any atom is -0.504 e. The molecule has 0 aromatic heterocycles. The molecule has 10 heteroatoms. The van der Waals surface area contributed by atoms with Gasteiger partial charge in [-0.3, -0.25) is 9.59 Å². The van der Waals surface area contributed by atoms with E-state index in [9.17, 15) is 19.8 Å². The van der Waals surface area contributed by atoms with E-state index in [1.165, 1.54) is 38.8 Å². The minimum atomic E-state index is -0.161. The molecule has 2 rings (SSSR count). The molecule has 0 radical (unpaired) electrons. The number of benzene rings is 2. The molecule has 0 unspecified atom stereocenters. The molecule has 0 fully saturated rings. The lowest BCUT2D eigenvalue weighted by molar-refractivity contribution is -0.122. The number of ether oxygens (including phenoxy) is 2. The Morgan fingerprint density at radius 1 is 0.722 bits per heavy atom. The van der Waals surface area contributed by atoms with Gasteiger partial charge in [0.25, 0.3) is 0 Å². The first kappa shape index (κ1) is 28.2. The van der Waals surface area contributed by atoms with Crippen LogP contribution in [0.3, 0.4) is 0 Å². The normalized spacial score (nSPS) is 11.1. The van der Waals surface area contributed by atoms with Crippen molar-refractivity contribution >= 4 is 24.2 Å². The molecular formula is C26H34N4O6. The molecule has 0 aliphatic carbocycles. The number of rotatable bonds is 15. The number of nitrogens with one attached hydrogen (secondary N) is 2. The van der Waals surface area contributed by atoms with Crippen LogP contribution < -0.4 is 20.3 Å². The molecule has 0 bridgehead atoms. The molecule has 0 saturated heterocycles. The van der Waals surface area contributed by atoms with Crippen LogP contribution in [0.2, 0.25) is 0 Å². The fourth-order valence-electron chi connectivity index (χ4n) is 3.32. The van der Waals surface area contributed by atoms with Gasteiger partial charge in [-0.1, -0.05) is 25.7 Å². The summed E-state index contributed by atoms with van der Waals surface area (Å²) in [4.78, 5) is 23.7. The van der Waals surface area contributed by atoms with Crippen LogP contribution in [-0.4, -0.2) is 48.7 Å². The summed E-state index contributed by atoms with van der Waals surface area (Å²) in [5.41, 5.74) is 6.25. The second-order valence-electron chi connectivity index (χ2n) is 8.07. The molecule has 0 heterocycles. The smallest absolute Gasteiger partial charge is 0.240 e. The van der Waals surface area contributed by atoms with Crippen molar-refractivity contribution in [3.63, 3.8) is 0 Å². The number of methoxy groups -OCH3 is 2. The van der Waals surface area contributed by atoms with E-state index in [-0.39, 0.29) is 23.3 Å². The fraction of sp³-hybridized carbons (Fsp3) is 0.385. The van der Waals surface area contributed by atoms with Crippen LogP contribution in [0.4, 0.5) is 0 Å². The molecule has 0 atom stereocenters. The lowest BCUT2D eigenvalue weighted by Gasteiger charge is -2.04. The van der Waals surface area contributed by atoms with E-state index in [1.807, 2.05) is 0 Å². The van der Waals surface area contributed by atoms with Crippen molar-refractivity contribution < 1.29 is 29.3 Å². The van der Waals surface area contributed by atoms with Gasteiger partial charge in [0.15, 0.2) is 23.0 Å². The number of amides is 2. The monoisotopic (exact) mass is 498 g/mol. The van der Waals surface area contributed by atoms with Gasteiger partial charge in [-0.2, -0.15) is 10.2 Å². The van der Waals surface area contributed by atoms with Crippen LogP contribution in [0.5, 0.6) is 23.0 Å². The Kier molecular flexibility index (Phi) is 12.3. The third kappa shape index (κ3) is 10.5. The van der Waals surface area contributed by atoms with Crippen LogP contribution in [0.15, 0.2) is 46.6 Å². The molecule has 2 aromatic rings. The van der Waals surface area contributed by atoms with Crippen LogP contribution in [-0.2, 0) is 9.59 Å². The van der Waals surface area contributed by atoms with E-state index in [2.05, 4.69) is 21.1 Å². The highest BCUT2D eigenvalue weighted by Crippen LogP contribution is 2.26. The molecule has 36 heavy (non-hydrogen) atoms. The Morgan fingerprint density at radius 3 is 1.47 bits per heavy atom. The number of carbonyl (C=O) groups is 2. The average Bonchev–Trinajstić information content (AvgIpc) is 2.86. The van der Waals surface area contributed by atoms with Gasteiger partial charge in [-0.05, 0) is 60.4 Å². The predicted octanol–water partition coefficient (Wildman–Crippen LogP) is 3.84. The highest BCUT2D eigenvalue weighted by molar-refractivity contribution is 5.84.